The molecule has 0 aliphatic rings. The van der Waals surface area contributed by atoms with Crippen LogP contribution in [0.25, 0.3) is 0 Å². The second-order valence-electron chi connectivity index (χ2n) is 7.28. The van der Waals surface area contributed by atoms with E-state index in [2.05, 4.69) is 12.2 Å². The molecule has 1 aromatic carbocycles. The highest BCUT2D eigenvalue weighted by molar-refractivity contribution is 5.76. The average Bonchev–Trinajstić information content (AvgIpc) is 2.70. The maximum absolute atomic E-state index is 12.1. The van der Waals surface area contributed by atoms with Crippen LogP contribution in [0.2, 0.25) is 0 Å². The lowest BCUT2D eigenvalue weighted by Crippen LogP contribution is -2.48. The Morgan fingerprint density at radius 2 is 1.48 bits per heavy atom. The molecule has 154 valence electrons. The molecule has 0 spiro atoms. The first-order valence-electron chi connectivity index (χ1n) is 10.4. The summed E-state index contributed by atoms with van der Waals surface area (Å²) in [5.41, 5.74) is 0.552. The minimum atomic E-state index is -1.26. The van der Waals surface area contributed by atoms with Gasteiger partial charge in [-0.1, -0.05) is 88.6 Å². The van der Waals surface area contributed by atoms with Crippen molar-refractivity contribution >= 4 is 5.91 Å². The molecule has 0 aliphatic heterocycles. The van der Waals surface area contributed by atoms with Crippen molar-refractivity contribution in [2.45, 2.75) is 89.4 Å². The molecule has 0 saturated carbocycles. The number of aliphatic hydroxyl groups excluding tert-OH is 3. The number of unbranched alkanes of at least 4 members (excludes halogenated alkanes) is 8. The van der Waals surface area contributed by atoms with Gasteiger partial charge in [-0.15, -0.1) is 0 Å². The zero-order valence-corrected chi connectivity index (χ0v) is 16.6. The van der Waals surface area contributed by atoms with Crippen molar-refractivity contribution in [1.29, 1.82) is 0 Å². The minimum Gasteiger partial charge on any atom is -0.394 e. The highest BCUT2D eigenvalue weighted by atomic mass is 16.3. The van der Waals surface area contributed by atoms with Gasteiger partial charge < -0.3 is 20.6 Å². The summed E-state index contributed by atoms with van der Waals surface area (Å²) < 4.78 is 0. The Hall–Kier alpha value is -1.43. The van der Waals surface area contributed by atoms with Gasteiger partial charge in [-0.2, -0.15) is 0 Å². The number of carbonyl (C=O) groups excluding carboxylic acids is 1. The molecule has 0 aliphatic carbocycles. The second kappa shape index (κ2) is 14.6. The molecule has 1 rings (SSSR count). The van der Waals surface area contributed by atoms with E-state index in [0.29, 0.717) is 12.0 Å². The number of nitrogens with one attached hydrogen (secondary N) is 1. The van der Waals surface area contributed by atoms with E-state index in [9.17, 15) is 20.1 Å². The quantitative estimate of drug-likeness (QED) is 0.351. The van der Waals surface area contributed by atoms with Crippen molar-refractivity contribution in [3.63, 3.8) is 0 Å². The molecular formula is C22H37NO4. The van der Waals surface area contributed by atoms with Crippen LogP contribution in [0.15, 0.2) is 30.3 Å². The summed E-state index contributed by atoms with van der Waals surface area (Å²) in [6, 6.07) is 7.87. The predicted octanol–water partition coefficient (Wildman–Crippen LogP) is 3.48. The van der Waals surface area contributed by atoms with Gasteiger partial charge in [0.2, 0.25) is 5.91 Å². The van der Waals surface area contributed by atoms with Crippen LogP contribution in [0.1, 0.15) is 82.8 Å². The molecule has 1 amide bonds. The van der Waals surface area contributed by atoms with Gasteiger partial charge in [0.25, 0.3) is 0 Å². The summed E-state index contributed by atoms with van der Waals surface area (Å²) in [7, 11) is 0. The lowest BCUT2D eigenvalue weighted by Gasteiger charge is -2.26. The van der Waals surface area contributed by atoms with Gasteiger partial charge in [0.05, 0.1) is 12.6 Å². The summed E-state index contributed by atoms with van der Waals surface area (Å²) >= 11 is 0. The molecule has 5 heteroatoms. The Morgan fingerprint density at radius 3 is 2.04 bits per heavy atom. The third kappa shape index (κ3) is 9.89. The lowest BCUT2D eigenvalue weighted by molar-refractivity contribution is -0.124. The van der Waals surface area contributed by atoms with E-state index in [0.717, 1.165) is 19.3 Å². The molecule has 4 N–H and O–H groups in total. The van der Waals surface area contributed by atoms with Gasteiger partial charge in [0, 0.05) is 6.42 Å². The molecule has 0 unspecified atom stereocenters. The van der Waals surface area contributed by atoms with Crippen molar-refractivity contribution in [3.05, 3.63) is 35.9 Å². The fourth-order valence-corrected chi connectivity index (χ4v) is 3.18. The molecule has 1 aromatic rings. The summed E-state index contributed by atoms with van der Waals surface area (Å²) in [6.07, 6.45) is 8.59. The lowest BCUT2D eigenvalue weighted by atomic mass is 9.99. The monoisotopic (exact) mass is 379 g/mol. The van der Waals surface area contributed by atoms with Gasteiger partial charge in [-0.25, -0.2) is 0 Å². The van der Waals surface area contributed by atoms with Crippen molar-refractivity contribution in [1.82, 2.24) is 5.32 Å². The van der Waals surface area contributed by atoms with Crippen LogP contribution in [-0.2, 0) is 4.79 Å². The number of rotatable bonds is 15. The molecule has 0 fully saturated rings. The Bertz CT molecular complexity index is 494. The smallest absolute Gasteiger partial charge is 0.220 e. The van der Waals surface area contributed by atoms with Gasteiger partial charge in [-0.3, -0.25) is 4.79 Å². The number of hydrogen-bond donors (Lipinski definition) is 4. The fourth-order valence-electron chi connectivity index (χ4n) is 3.18. The van der Waals surface area contributed by atoms with Crippen LogP contribution in [0.5, 0.6) is 0 Å². The first kappa shape index (κ1) is 23.6. The summed E-state index contributed by atoms with van der Waals surface area (Å²) in [5.74, 6) is -0.198. The van der Waals surface area contributed by atoms with E-state index in [1.54, 1.807) is 24.3 Å². The number of benzene rings is 1. The standard InChI is InChI=1S/C22H37NO4/c1-2-3-4-5-6-7-8-9-13-16-20(25)23-19(17-24)22(27)21(26)18-14-11-10-12-15-18/h10-12,14-15,19,21-22,24,26-27H,2-9,13,16-17H2,1H3,(H,23,25)/t19-,21-,22-/m0/s1. The predicted molar refractivity (Wildman–Crippen MR) is 108 cm³/mol. The van der Waals surface area contributed by atoms with Crippen molar-refractivity contribution in [3.8, 4) is 0 Å². The molecular weight excluding hydrogens is 342 g/mol. The van der Waals surface area contributed by atoms with Crippen LogP contribution < -0.4 is 5.32 Å². The number of hydrogen-bond acceptors (Lipinski definition) is 4. The highest BCUT2D eigenvalue weighted by Crippen LogP contribution is 2.19. The summed E-state index contributed by atoms with van der Waals surface area (Å²) in [4.78, 5) is 12.1. The SMILES string of the molecule is CCCCCCCCCCCC(=O)N[C@@H](CO)[C@H](O)[C@@H](O)c1ccccc1. The largest absolute Gasteiger partial charge is 0.394 e. The van der Waals surface area contributed by atoms with E-state index < -0.39 is 24.9 Å². The Labute approximate surface area is 163 Å². The minimum absolute atomic E-state index is 0.198. The number of aliphatic hydroxyl groups is 3. The van der Waals surface area contributed by atoms with Crippen LogP contribution in [0.3, 0.4) is 0 Å². The van der Waals surface area contributed by atoms with Gasteiger partial charge in [0.1, 0.15) is 12.2 Å². The number of carbonyl (C=O) groups is 1. The first-order chi connectivity index (χ1) is 13.1. The highest BCUT2D eigenvalue weighted by Gasteiger charge is 2.28. The molecule has 0 aromatic heterocycles. The Kier molecular flexibility index (Phi) is 12.8. The molecule has 0 radical (unpaired) electrons. The van der Waals surface area contributed by atoms with Crippen LogP contribution >= 0.6 is 0 Å². The zero-order chi connectivity index (χ0) is 19.9. The fraction of sp³-hybridized carbons (Fsp3) is 0.682. The molecule has 3 atom stereocenters. The van der Waals surface area contributed by atoms with Gasteiger partial charge in [-0.05, 0) is 12.0 Å². The number of amides is 1. The Balaban J connectivity index is 2.23. The Morgan fingerprint density at radius 1 is 0.926 bits per heavy atom. The average molecular weight is 380 g/mol. The van der Waals surface area contributed by atoms with Crippen LogP contribution in [0, 0.1) is 0 Å². The van der Waals surface area contributed by atoms with E-state index >= 15 is 0 Å². The van der Waals surface area contributed by atoms with Gasteiger partial charge in [0.15, 0.2) is 0 Å². The van der Waals surface area contributed by atoms with Crippen molar-refractivity contribution in [2.24, 2.45) is 0 Å². The van der Waals surface area contributed by atoms with E-state index in [-0.39, 0.29) is 5.91 Å². The topological polar surface area (TPSA) is 89.8 Å². The normalized spacial score (nSPS) is 14.5. The van der Waals surface area contributed by atoms with Crippen LogP contribution in [0.4, 0.5) is 0 Å². The second-order valence-corrected chi connectivity index (χ2v) is 7.28. The van der Waals surface area contributed by atoms with E-state index in [4.69, 9.17) is 0 Å². The molecule has 0 heterocycles. The van der Waals surface area contributed by atoms with Crippen molar-refractivity contribution in [2.75, 3.05) is 6.61 Å². The summed E-state index contributed by atoms with van der Waals surface area (Å²) in [6.45, 7) is 1.79. The molecule has 0 saturated heterocycles. The van der Waals surface area contributed by atoms with E-state index in [1.165, 1.54) is 38.5 Å². The van der Waals surface area contributed by atoms with E-state index in [1.807, 2.05) is 6.07 Å². The summed E-state index contributed by atoms with van der Waals surface area (Å²) in [5, 5.41) is 32.7. The maximum atomic E-state index is 12.1. The molecule has 27 heavy (non-hydrogen) atoms. The van der Waals surface area contributed by atoms with Gasteiger partial charge >= 0.3 is 0 Å². The molecule has 0 bridgehead atoms. The van der Waals surface area contributed by atoms with Crippen molar-refractivity contribution < 1.29 is 20.1 Å². The first-order valence-corrected chi connectivity index (χ1v) is 10.4. The third-order valence-electron chi connectivity index (χ3n) is 4.93. The third-order valence-corrected chi connectivity index (χ3v) is 4.93. The maximum Gasteiger partial charge on any atom is 0.220 e. The zero-order valence-electron chi connectivity index (χ0n) is 16.6. The van der Waals surface area contributed by atoms with Crippen LogP contribution in [-0.4, -0.2) is 40.0 Å². The molecule has 5 nitrogen and oxygen atoms in total.